The molecule has 0 aliphatic carbocycles. The number of amides is 1. The lowest BCUT2D eigenvalue weighted by Gasteiger charge is -2.09. The maximum Gasteiger partial charge on any atom is 0.336 e. The molecule has 0 saturated carbocycles. The molecule has 0 unspecified atom stereocenters. The molecule has 7 nitrogen and oxygen atoms in total. The number of carbonyl (C=O) groups is 2. The Morgan fingerprint density at radius 3 is 2.44 bits per heavy atom. The van der Waals surface area contributed by atoms with Gasteiger partial charge in [0.25, 0.3) is 5.91 Å². The first-order chi connectivity index (χ1) is 17.6. The molecule has 180 valence electrons. The van der Waals surface area contributed by atoms with E-state index in [1.807, 2.05) is 72.8 Å². The summed E-state index contributed by atoms with van der Waals surface area (Å²) in [6.07, 6.45) is 4.47. The van der Waals surface area contributed by atoms with Crippen LogP contribution in [0.5, 0.6) is 17.2 Å². The fourth-order valence-corrected chi connectivity index (χ4v) is 3.40. The molecule has 7 heteroatoms. The van der Waals surface area contributed by atoms with Crippen LogP contribution in [0.2, 0.25) is 0 Å². The first-order valence-electron chi connectivity index (χ1n) is 11.2. The number of nitrogens with zero attached hydrogens (tertiary/aromatic N) is 1. The fourth-order valence-electron chi connectivity index (χ4n) is 3.40. The largest absolute Gasteiger partial charge is 0.493 e. The second-order valence-electron chi connectivity index (χ2n) is 7.63. The molecule has 4 aromatic rings. The van der Waals surface area contributed by atoms with Crippen molar-refractivity contribution >= 4 is 34.9 Å². The number of methoxy groups -OCH3 is 1. The van der Waals surface area contributed by atoms with Crippen LogP contribution in [0.15, 0.2) is 102 Å². The van der Waals surface area contributed by atoms with Gasteiger partial charge in [0.15, 0.2) is 18.1 Å². The zero-order valence-electron chi connectivity index (χ0n) is 19.6. The molecular weight excluding hydrogens is 456 g/mol. The normalized spacial score (nSPS) is 11.0. The minimum Gasteiger partial charge on any atom is -0.493 e. The van der Waals surface area contributed by atoms with Gasteiger partial charge in [-0.2, -0.15) is 5.10 Å². The highest BCUT2D eigenvalue weighted by Crippen LogP contribution is 2.28. The Morgan fingerprint density at radius 2 is 1.61 bits per heavy atom. The zero-order chi connectivity index (χ0) is 25.2. The van der Waals surface area contributed by atoms with Crippen molar-refractivity contribution in [2.45, 2.75) is 0 Å². The third kappa shape index (κ3) is 6.57. The van der Waals surface area contributed by atoms with Gasteiger partial charge in [0.2, 0.25) is 0 Å². The predicted molar refractivity (Wildman–Crippen MR) is 139 cm³/mol. The third-order valence-electron chi connectivity index (χ3n) is 5.12. The summed E-state index contributed by atoms with van der Waals surface area (Å²) < 4.78 is 16.4. The van der Waals surface area contributed by atoms with E-state index < -0.39 is 11.9 Å². The highest BCUT2D eigenvalue weighted by atomic mass is 16.6. The highest BCUT2D eigenvalue weighted by Gasteiger charge is 2.09. The van der Waals surface area contributed by atoms with E-state index in [1.54, 1.807) is 24.3 Å². The van der Waals surface area contributed by atoms with Crippen LogP contribution in [-0.2, 0) is 9.59 Å². The number of carbonyl (C=O) groups excluding carboxylic acids is 2. The Hall–Kier alpha value is -4.91. The molecule has 4 aromatic carbocycles. The number of nitrogens with one attached hydrogen (secondary N) is 1. The Bertz CT molecular complexity index is 1410. The second-order valence-corrected chi connectivity index (χ2v) is 7.63. The fraction of sp³-hybridized carbons (Fsp3) is 0.0690. The third-order valence-corrected chi connectivity index (χ3v) is 5.12. The van der Waals surface area contributed by atoms with Gasteiger partial charge < -0.3 is 14.2 Å². The molecule has 0 spiro atoms. The van der Waals surface area contributed by atoms with E-state index in [1.165, 1.54) is 19.4 Å². The number of ether oxygens (including phenoxy) is 3. The molecule has 36 heavy (non-hydrogen) atoms. The average Bonchev–Trinajstić information content (AvgIpc) is 2.92. The summed E-state index contributed by atoms with van der Waals surface area (Å²) in [7, 11) is 1.47. The van der Waals surface area contributed by atoms with Gasteiger partial charge >= 0.3 is 5.97 Å². The lowest BCUT2D eigenvalue weighted by molar-refractivity contribution is -0.129. The van der Waals surface area contributed by atoms with Gasteiger partial charge in [-0.3, -0.25) is 4.79 Å². The van der Waals surface area contributed by atoms with Gasteiger partial charge in [0.05, 0.1) is 13.3 Å². The first kappa shape index (κ1) is 24.2. The molecule has 0 aromatic heterocycles. The second kappa shape index (κ2) is 12.0. The van der Waals surface area contributed by atoms with Crippen LogP contribution in [0.25, 0.3) is 16.8 Å². The lowest BCUT2D eigenvalue weighted by Crippen LogP contribution is -2.24. The van der Waals surface area contributed by atoms with Gasteiger partial charge in [-0.25, -0.2) is 10.2 Å². The van der Waals surface area contributed by atoms with Gasteiger partial charge in [0.1, 0.15) is 5.75 Å². The predicted octanol–water partition coefficient (Wildman–Crippen LogP) is 5.00. The molecule has 0 fully saturated rings. The van der Waals surface area contributed by atoms with Crippen molar-refractivity contribution in [1.29, 1.82) is 0 Å². The number of fused-ring (bicyclic) bond motifs is 1. The van der Waals surface area contributed by atoms with E-state index >= 15 is 0 Å². The number of hydrazone groups is 1. The maximum atomic E-state index is 12.2. The van der Waals surface area contributed by atoms with Crippen LogP contribution in [0.1, 0.15) is 11.1 Å². The number of hydrogen-bond donors (Lipinski definition) is 1. The maximum absolute atomic E-state index is 12.2. The summed E-state index contributed by atoms with van der Waals surface area (Å²) in [5.41, 5.74) is 3.96. The number of benzene rings is 4. The van der Waals surface area contributed by atoms with Crippen LogP contribution >= 0.6 is 0 Å². The summed E-state index contributed by atoms with van der Waals surface area (Å²) in [6, 6.07) is 27.8. The molecule has 0 aliphatic heterocycles. The Morgan fingerprint density at radius 1 is 0.833 bits per heavy atom. The zero-order valence-corrected chi connectivity index (χ0v) is 19.6. The van der Waals surface area contributed by atoms with Gasteiger partial charge in [-0.1, -0.05) is 66.7 Å². The molecule has 0 atom stereocenters. The molecular formula is C29H24N2O5. The number of hydrogen-bond acceptors (Lipinski definition) is 6. The molecule has 4 rings (SSSR count). The first-order valence-corrected chi connectivity index (χ1v) is 11.2. The highest BCUT2D eigenvalue weighted by molar-refractivity contribution is 5.90. The molecule has 0 saturated heterocycles. The lowest BCUT2D eigenvalue weighted by atomic mass is 10.1. The molecule has 0 bridgehead atoms. The Kier molecular flexibility index (Phi) is 8.07. The van der Waals surface area contributed by atoms with Gasteiger partial charge in [0, 0.05) is 11.5 Å². The monoisotopic (exact) mass is 480 g/mol. The Balaban J connectivity index is 1.31. The number of rotatable bonds is 9. The van der Waals surface area contributed by atoms with Crippen molar-refractivity contribution in [3.63, 3.8) is 0 Å². The average molecular weight is 481 g/mol. The topological polar surface area (TPSA) is 86.2 Å². The smallest absolute Gasteiger partial charge is 0.336 e. The van der Waals surface area contributed by atoms with Crippen LogP contribution in [0.3, 0.4) is 0 Å². The summed E-state index contributed by atoms with van der Waals surface area (Å²) in [5, 5.41) is 5.93. The van der Waals surface area contributed by atoms with E-state index in [4.69, 9.17) is 14.2 Å². The quantitative estimate of drug-likeness (QED) is 0.120. The minimum absolute atomic E-state index is 0.180. The van der Waals surface area contributed by atoms with Gasteiger partial charge in [-0.15, -0.1) is 0 Å². The van der Waals surface area contributed by atoms with E-state index in [-0.39, 0.29) is 12.4 Å². The summed E-state index contributed by atoms with van der Waals surface area (Å²) in [5.74, 6) is 0.315. The van der Waals surface area contributed by atoms with E-state index in [0.717, 1.165) is 16.3 Å². The SMILES string of the molecule is COc1cc(/C=N/NC(=O)COc2cccc3ccccc23)ccc1OC(=O)/C=C/c1ccccc1. The van der Waals surface area contributed by atoms with Crippen LogP contribution in [0.4, 0.5) is 0 Å². The minimum atomic E-state index is -0.531. The van der Waals surface area contributed by atoms with Gasteiger partial charge in [-0.05, 0) is 46.9 Å². The van der Waals surface area contributed by atoms with Crippen molar-refractivity contribution in [3.8, 4) is 17.2 Å². The Labute approximate surface area is 208 Å². The molecule has 0 heterocycles. The van der Waals surface area contributed by atoms with Crippen molar-refractivity contribution < 1.29 is 23.8 Å². The molecule has 1 amide bonds. The summed E-state index contributed by atoms with van der Waals surface area (Å²) >= 11 is 0. The van der Waals surface area contributed by atoms with E-state index in [2.05, 4.69) is 10.5 Å². The van der Waals surface area contributed by atoms with Crippen LogP contribution in [0, 0.1) is 0 Å². The molecule has 0 aliphatic rings. The standard InChI is InChI=1S/C29H24N2O5/c1-34-27-18-22(14-16-26(27)36-29(33)17-15-21-8-3-2-4-9-21)19-30-31-28(32)20-35-25-13-7-11-23-10-5-6-12-24(23)25/h2-19H,20H2,1H3,(H,31,32)/b17-15+,30-19+. The van der Waals surface area contributed by atoms with Crippen LogP contribution < -0.4 is 19.6 Å². The summed E-state index contributed by atoms with van der Waals surface area (Å²) in [4.78, 5) is 24.3. The van der Waals surface area contributed by atoms with E-state index in [0.29, 0.717) is 17.1 Å². The number of esters is 1. The molecule has 0 radical (unpaired) electrons. The molecule has 1 N–H and O–H groups in total. The van der Waals surface area contributed by atoms with Crippen molar-refractivity contribution in [2.24, 2.45) is 5.10 Å². The van der Waals surface area contributed by atoms with Crippen LogP contribution in [-0.4, -0.2) is 31.8 Å². The van der Waals surface area contributed by atoms with Crippen molar-refractivity contribution in [1.82, 2.24) is 5.43 Å². The van der Waals surface area contributed by atoms with Crippen molar-refractivity contribution in [2.75, 3.05) is 13.7 Å². The van der Waals surface area contributed by atoms with E-state index in [9.17, 15) is 9.59 Å². The summed E-state index contributed by atoms with van der Waals surface area (Å²) in [6.45, 7) is -0.180. The van der Waals surface area contributed by atoms with Crippen molar-refractivity contribution in [3.05, 3.63) is 108 Å².